The van der Waals surface area contributed by atoms with Crippen molar-refractivity contribution < 1.29 is 27.1 Å². The quantitative estimate of drug-likeness (QED) is 0.674. The molecule has 25 heavy (non-hydrogen) atoms. The summed E-state index contributed by atoms with van der Waals surface area (Å²) in [5, 5.41) is 0.548. The zero-order valence-corrected chi connectivity index (χ0v) is 13.4. The molecule has 0 radical (unpaired) electrons. The topological polar surface area (TPSA) is 47.6 Å². The van der Waals surface area contributed by atoms with Gasteiger partial charge in [0.1, 0.15) is 0 Å². The number of alkyl halides is 3. The Bertz CT molecular complexity index is 965. The van der Waals surface area contributed by atoms with Gasteiger partial charge < -0.3 is 18.6 Å². The molecule has 2 aromatic heterocycles. The van der Waals surface area contributed by atoms with Gasteiger partial charge in [-0.1, -0.05) is 0 Å². The normalized spacial score (nSPS) is 16.1. The number of hydrogen-bond acceptors (Lipinski definition) is 3. The van der Waals surface area contributed by atoms with Crippen LogP contribution in [0.1, 0.15) is 16.1 Å². The van der Waals surface area contributed by atoms with Crippen molar-refractivity contribution in [1.29, 1.82) is 0 Å². The summed E-state index contributed by atoms with van der Waals surface area (Å²) in [4.78, 5) is 14.2. The molecule has 1 aliphatic rings. The number of ether oxygens (including phenoxy) is 1. The van der Waals surface area contributed by atoms with Crippen LogP contribution < -0.4 is 0 Å². The Kier molecular flexibility index (Phi) is 3.54. The average molecular weight is 352 g/mol. The van der Waals surface area contributed by atoms with Gasteiger partial charge in [-0.15, -0.1) is 0 Å². The molecule has 0 saturated carbocycles. The molecule has 132 valence electrons. The number of carbonyl (C=O) groups excluding carboxylic acids is 1. The number of rotatable bonds is 1. The van der Waals surface area contributed by atoms with E-state index in [-0.39, 0.29) is 11.7 Å². The summed E-state index contributed by atoms with van der Waals surface area (Å²) >= 11 is 0. The molecule has 4 rings (SSSR count). The van der Waals surface area contributed by atoms with Crippen LogP contribution in [0.3, 0.4) is 0 Å². The Morgan fingerprint density at radius 3 is 2.52 bits per heavy atom. The SMILES string of the molecule is Cn1c2cc(C(F)(F)F)ccc2c2oc(C(=O)N3CCOCC3)cc21. The van der Waals surface area contributed by atoms with Crippen LogP contribution in [0.25, 0.3) is 22.0 Å². The van der Waals surface area contributed by atoms with Gasteiger partial charge in [-0.05, 0) is 18.2 Å². The van der Waals surface area contributed by atoms with E-state index < -0.39 is 11.7 Å². The maximum atomic E-state index is 12.9. The van der Waals surface area contributed by atoms with Crippen LogP contribution in [0.5, 0.6) is 0 Å². The predicted octanol–water partition coefficient (Wildman–Crippen LogP) is 3.42. The third-order valence-corrected chi connectivity index (χ3v) is 4.51. The van der Waals surface area contributed by atoms with E-state index in [0.717, 1.165) is 12.1 Å². The van der Waals surface area contributed by atoms with Gasteiger partial charge in [0, 0.05) is 31.6 Å². The molecule has 0 N–H and O–H groups in total. The van der Waals surface area contributed by atoms with Gasteiger partial charge in [-0.2, -0.15) is 13.2 Å². The fraction of sp³-hybridized carbons (Fsp3) is 0.353. The summed E-state index contributed by atoms with van der Waals surface area (Å²) in [7, 11) is 1.66. The molecule has 3 aromatic rings. The van der Waals surface area contributed by atoms with Crippen molar-refractivity contribution in [1.82, 2.24) is 9.47 Å². The monoisotopic (exact) mass is 352 g/mol. The Morgan fingerprint density at radius 1 is 1.12 bits per heavy atom. The van der Waals surface area contributed by atoms with Gasteiger partial charge in [0.05, 0.1) is 29.8 Å². The number of carbonyl (C=O) groups is 1. The minimum atomic E-state index is -4.41. The number of hydrogen-bond donors (Lipinski definition) is 0. The average Bonchev–Trinajstić information content (AvgIpc) is 3.14. The molecule has 3 heterocycles. The first-order chi connectivity index (χ1) is 11.9. The molecule has 0 bridgehead atoms. The number of furan rings is 1. The second-order valence-electron chi connectivity index (χ2n) is 6.02. The Morgan fingerprint density at radius 2 is 1.84 bits per heavy atom. The Labute approximate surface area is 140 Å². The highest BCUT2D eigenvalue weighted by atomic mass is 19.4. The van der Waals surface area contributed by atoms with Crippen molar-refractivity contribution in [2.75, 3.05) is 26.3 Å². The van der Waals surface area contributed by atoms with E-state index in [9.17, 15) is 18.0 Å². The van der Waals surface area contributed by atoms with E-state index in [1.807, 2.05) is 0 Å². The van der Waals surface area contributed by atoms with E-state index in [0.29, 0.717) is 48.3 Å². The van der Waals surface area contributed by atoms with Crippen molar-refractivity contribution in [3.63, 3.8) is 0 Å². The lowest BCUT2D eigenvalue weighted by Crippen LogP contribution is -2.40. The van der Waals surface area contributed by atoms with Crippen LogP contribution in [0.15, 0.2) is 28.7 Å². The molecule has 0 spiro atoms. The molecule has 1 saturated heterocycles. The first-order valence-corrected chi connectivity index (χ1v) is 7.82. The van der Waals surface area contributed by atoms with Crippen molar-refractivity contribution in [2.24, 2.45) is 7.05 Å². The smallest absolute Gasteiger partial charge is 0.416 e. The second-order valence-corrected chi connectivity index (χ2v) is 6.02. The van der Waals surface area contributed by atoms with Crippen LogP contribution in [-0.2, 0) is 18.0 Å². The molecule has 5 nitrogen and oxygen atoms in total. The summed E-state index contributed by atoms with van der Waals surface area (Å²) in [6, 6.07) is 5.08. The Hall–Kier alpha value is -2.48. The number of aryl methyl sites for hydroxylation is 1. The van der Waals surface area contributed by atoms with E-state index in [2.05, 4.69) is 0 Å². The van der Waals surface area contributed by atoms with Crippen LogP contribution in [-0.4, -0.2) is 41.7 Å². The number of amides is 1. The molecule has 1 amide bonds. The number of benzene rings is 1. The number of morpholine rings is 1. The minimum Gasteiger partial charge on any atom is -0.449 e. The molecular formula is C17H15F3N2O3. The van der Waals surface area contributed by atoms with Gasteiger partial charge >= 0.3 is 6.18 Å². The van der Waals surface area contributed by atoms with Crippen molar-refractivity contribution in [2.45, 2.75) is 6.18 Å². The molecule has 0 atom stereocenters. The molecule has 1 fully saturated rings. The van der Waals surface area contributed by atoms with E-state index in [1.54, 1.807) is 22.6 Å². The highest BCUT2D eigenvalue weighted by molar-refractivity contribution is 6.07. The van der Waals surface area contributed by atoms with Crippen molar-refractivity contribution >= 4 is 27.9 Å². The van der Waals surface area contributed by atoms with Crippen LogP contribution in [0.4, 0.5) is 13.2 Å². The zero-order chi connectivity index (χ0) is 17.8. The first kappa shape index (κ1) is 16.0. The summed E-state index contributed by atoms with van der Waals surface area (Å²) in [5.41, 5.74) is 0.704. The largest absolute Gasteiger partial charge is 0.449 e. The van der Waals surface area contributed by atoms with Gasteiger partial charge in [0.15, 0.2) is 11.3 Å². The van der Waals surface area contributed by atoms with Gasteiger partial charge in [0.25, 0.3) is 5.91 Å². The number of halogens is 3. The maximum Gasteiger partial charge on any atom is 0.416 e. The fourth-order valence-corrected chi connectivity index (χ4v) is 3.16. The highest BCUT2D eigenvalue weighted by Gasteiger charge is 2.31. The van der Waals surface area contributed by atoms with E-state index in [4.69, 9.17) is 9.15 Å². The zero-order valence-electron chi connectivity index (χ0n) is 13.4. The summed E-state index contributed by atoms with van der Waals surface area (Å²) in [6.07, 6.45) is -4.41. The van der Waals surface area contributed by atoms with Crippen molar-refractivity contribution in [3.8, 4) is 0 Å². The van der Waals surface area contributed by atoms with Gasteiger partial charge in [0.2, 0.25) is 0 Å². The number of nitrogens with zero attached hydrogens (tertiary/aromatic N) is 2. The molecule has 1 aliphatic heterocycles. The third-order valence-electron chi connectivity index (χ3n) is 4.51. The molecule has 8 heteroatoms. The molecule has 1 aromatic carbocycles. The molecule has 0 unspecified atom stereocenters. The standard InChI is InChI=1S/C17H15F3N2O3/c1-21-12-8-10(17(18,19)20)2-3-11(12)15-13(21)9-14(25-15)16(23)22-4-6-24-7-5-22/h2-3,8-9H,4-7H2,1H3. The third kappa shape index (κ3) is 2.57. The van der Waals surface area contributed by atoms with Crippen LogP contribution in [0, 0.1) is 0 Å². The summed E-state index contributed by atoms with van der Waals surface area (Å²) in [6.45, 7) is 1.95. The van der Waals surface area contributed by atoms with E-state index >= 15 is 0 Å². The summed E-state index contributed by atoms with van der Waals surface area (Å²) < 4.78 is 51.3. The number of fused-ring (bicyclic) bond motifs is 3. The Balaban J connectivity index is 1.79. The van der Waals surface area contributed by atoms with Gasteiger partial charge in [-0.3, -0.25) is 4.79 Å². The lowest BCUT2D eigenvalue weighted by Gasteiger charge is -2.25. The lowest BCUT2D eigenvalue weighted by molar-refractivity contribution is -0.137. The summed E-state index contributed by atoms with van der Waals surface area (Å²) in [5.74, 6) is -0.0520. The van der Waals surface area contributed by atoms with E-state index in [1.165, 1.54) is 6.07 Å². The number of aromatic nitrogens is 1. The molecule has 0 aliphatic carbocycles. The fourth-order valence-electron chi connectivity index (χ4n) is 3.16. The maximum absolute atomic E-state index is 12.9. The van der Waals surface area contributed by atoms with Gasteiger partial charge in [-0.25, -0.2) is 0 Å². The van der Waals surface area contributed by atoms with Crippen LogP contribution in [0.2, 0.25) is 0 Å². The lowest BCUT2D eigenvalue weighted by atomic mass is 10.1. The second kappa shape index (κ2) is 5.52. The van der Waals surface area contributed by atoms with Crippen molar-refractivity contribution in [3.05, 3.63) is 35.6 Å². The van der Waals surface area contributed by atoms with Crippen LogP contribution >= 0.6 is 0 Å². The molecular weight excluding hydrogens is 337 g/mol. The highest BCUT2D eigenvalue weighted by Crippen LogP contribution is 2.36. The first-order valence-electron chi connectivity index (χ1n) is 7.82. The predicted molar refractivity (Wildman–Crippen MR) is 84.4 cm³/mol. The minimum absolute atomic E-state index is 0.185.